The van der Waals surface area contributed by atoms with Crippen molar-refractivity contribution in [1.29, 1.82) is 5.26 Å². The molecule has 140 valence electrons. The molecule has 27 heavy (non-hydrogen) atoms. The van der Waals surface area contributed by atoms with E-state index in [9.17, 15) is 14.9 Å². The summed E-state index contributed by atoms with van der Waals surface area (Å²) in [6.07, 6.45) is 0. The highest BCUT2D eigenvalue weighted by atomic mass is 35.5. The number of aromatic nitrogens is 1. The molecule has 0 spiro atoms. The Kier molecular flexibility index (Phi) is 7.65. The zero-order valence-corrected chi connectivity index (χ0v) is 16.5. The minimum Gasteiger partial charge on any atom is -0.462 e. The molecule has 1 aromatic carbocycles. The minimum absolute atomic E-state index is 0.0977. The zero-order chi connectivity index (χ0) is 19.8. The molecule has 0 atom stereocenters. The van der Waals surface area contributed by atoms with Crippen LogP contribution in [0.5, 0.6) is 0 Å². The summed E-state index contributed by atoms with van der Waals surface area (Å²) in [6, 6.07) is 10.7. The van der Waals surface area contributed by atoms with Gasteiger partial charge in [-0.25, -0.2) is 9.78 Å². The molecule has 0 saturated heterocycles. The highest BCUT2D eigenvalue weighted by molar-refractivity contribution is 8.00. The van der Waals surface area contributed by atoms with E-state index in [4.69, 9.17) is 16.3 Å². The van der Waals surface area contributed by atoms with Crippen LogP contribution in [-0.4, -0.2) is 29.2 Å². The number of nitrogens with zero attached hydrogens (tertiary/aromatic N) is 2. The smallest absolute Gasteiger partial charge is 0.340 e. The number of pyridine rings is 1. The number of rotatable bonds is 7. The average Bonchev–Trinajstić information content (AvgIpc) is 2.65. The number of nitriles is 1. The van der Waals surface area contributed by atoms with Crippen molar-refractivity contribution in [2.45, 2.75) is 25.4 Å². The van der Waals surface area contributed by atoms with E-state index in [1.807, 2.05) is 18.2 Å². The Morgan fingerprint density at radius 2 is 2.15 bits per heavy atom. The maximum absolute atomic E-state index is 12.1. The molecule has 0 aliphatic rings. The summed E-state index contributed by atoms with van der Waals surface area (Å²) < 4.78 is 4.96. The first-order chi connectivity index (χ1) is 12.9. The van der Waals surface area contributed by atoms with Gasteiger partial charge in [0.1, 0.15) is 11.1 Å². The number of thioether (sulfide) groups is 1. The standard InChI is InChI=1S/C19H18ClN3O3S/c1-3-26-19(25)16-8-14(9-21)18(23-12(16)2)27-11-17(24)22-10-13-5-4-6-15(20)7-13/h4-8H,3,10-11H2,1-2H3,(H,22,24). The summed E-state index contributed by atoms with van der Waals surface area (Å²) in [5.41, 5.74) is 1.83. The molecule has 0 saturated carbocycles. The van der Waals surface area contributed by atoms with Gasteiger partial charge in [0.15, 0.2) is 0 Å². The second-order valence-electron chi connectivity index (χ2n) is 5.50. The van der Waals surface area contributed by atoms with Gasteiger partial charge >= 0.3 is 5.97 Å². The van der Waals surface area contributed by atoms with Crippen molar-refractivity contribution in [1.82, 2.24) is 10.3 Å². The molecule has 6 nitrogen and oxygen atoms in total. The van der Waals surface area contributed by atoms with Crippen molar-refractivity contribution >= 4 is 35.2 Å². The quantitative estimate of drug-likeness (QED) is 0.561. The molecule has 1 amide bonds. The fraction of sp³-hybridized carbons (Fsp3) is 0.263. The van der Waals surface area contributed by atoms with Crippen LogP contribution in [0, 0.1) is 18.3 Å². The molecule has 0 radical (unpaired) electrons. The molecule has 1 N–H and O–H groups in total. The first-order valence-electron chi connectivity index (χ1n) is 8.17. The molecule has 2 aromatic rings. The van der Waals surface area contributed by atoms with Crippen LogP contribution in [0.3, 0.4) is 0 Å². The molecule has 0 bridgehead atoms. The molecule has 0 unspecified atom stereocenters. The number of carbonyl (C=O) groups is 2. The second kappa shape index (κ2) is 9.95. The largest absolute Gasteiger partial charge is 0.462 e. The fourth-order valence-electron chi connectivity index (χ4n) is 2.22. The molecule has 1 heterocycles. The van der Waals surface area contributed by atoms with Gasteiger partial charge in [-0.2, -0.15) is 5.26 Å². The number of aryl methyl sites for hydroxylation is 1. The predicted molar refractivity (Wildman–Crippen MR) is 104 cm³/mol. The van der Waals surface area contributed by atoms with Gasteiger partial charge in [0.2, 0.25) is 5.91 Å². The molecule has 1 aromatic heterocycles. The lowest BCUT2D eigenvalue weighted by atomic mass is 10.1. The lowest BCUT2D eigenvalue weighted by Crippen LogP contribution is -2.24. The van der Waals surface area contributed by atoms with E-state index in [1.165, 1.54) is 6.07 Å². The van der Waals surface area contributed by atoms with Crippen LogP contribution >= 0.6 is 23.4 Å². The van der Waals surface area contributed by atoms with Crippen molar-refractivity contribution in [3.05, 3.63) is 57.7 Å². The van der Waals surface area contributed by atoms with Crippen LogP contribution in [0.4, 0.5) is 0 Å². The Labute approximate surface area is 166 Å². The maximum atomic E-state index is 12.1. The first kappa shape index (κ1) is 20.7. The van der Waals surface area contributed by atoms with E-state index in [-0.39, 0.29) is 29.4 Å². The van der Waals surface area contributed by atoms with Crippen LogP contribution < -0.4 is 5.32 Å². The molecule has 8 heteroatoms. The first-order valence-corrected chi connectivity index (χ1v) is 9.53. The lowest BCUT2D eigenvalue weighted by molar-refractivity contribution is -0.118. The Morgan fingerprint density at radius 3 is 2.81 bits per heavy atom. The van der Waals surface area contributed by atoms with Crippen molar-refractivity contribution < 1.29 is 14.3 Å². The molecule has 0 aliphatic carbocycles. The van der Waals surface area contributed by atoms with Gasteiger partial charge in [-0.1, -0.05) is 35.5 Å². The number of ether oxygens (including phenoxy) is 1. The van der Waals surface area contributed by atoms with Crippen LogP contribution in [0.1, 0.15) is 34.1 Å². The van der Waals surface area contributed by atoms with Gasteiger partial charge in [-0.15, -0.1) is 0 Å². The van der Waals surface area contributed by atoms with Crippen LogP contribution in [0.2, 0.25) is 5.02 Å². The number of hydrogen-bond donors (Lipinski definition) is 1. The second-order valence-corrected chi connectivity index (χ2v) is 6.90. The number of amides is 1. The van der Waals surface area contributed by atoms with Gasteiger partial charge in [0.25, 0.3) is 0 Å². The van der Waals surface area contributed by atoms with E-state index in [1.54, 1.807) is 26.0 Å². The summed E-state index contributed by atoms with van der Waals surface area (Å²) in [4.78, 5) is 28.3. The minimum atomic E-state index is -0.519. The monoisotopic (exact) mass is 403 g/mol. The van der Waals surface area contributed by atoms with Gasteiger partial charge < -0.3 is 10.1 Å². The highest BCUT2D eigenvalue weighted by Gasteiger charge is 2.17. The summed E-state index contributed by atoms with van der Waals surface area (Å²) in [6.45, 7) is 3.97. The van der Waals surface area contributed by atoms with Gasteiger partial charge in [-0.3, -0.25) is 4.79 Å². The number of benzene rings is 1. The molecular weight excluding hydrogens is 386 g/mol. The number of hydrogen-bond acceptors (Lipinski definition) is 6. The van der Waals surface area contributed by atoms with E-state index in [0.717, 1.165) is 17.3 Å². The zero-order valence-electron chi connectivity index (χ0n) is 14.9. The SMILES string of the molecule is CCOC(=O)c1cc(C#N)c(SCC(=O)NCc2cccc(Cl)c2)nc1C. The third kappa shape index (κ3) is 5.98. The number of carbonyl (C=O) groups excluding carboxylic acids is 2. The Balaban J connectivity index is 2.00. The molecular formula is C19H18ClN3O3S. The Hall–Kier alpha value is -2.56. The van der Waals surface area contributed by atoms with E-state index >= 15 is 0 Å². The van der Waals surface area contributed by atoms with E-state index in [0.29, 0.717) is 22.3 Å². The predicted octanol–water partition coefficient (Wildman–Crippen LogP) is 3.50. The summed E-state index contributed by atoms with van der Waals surface area (Å²) in [5.74, 6) is -0.618. The molecule has 0 fully saturated rings. The molecule has 0 aliphatic heterocycles. The Morgan fingerprint density at radius 1 is 1.37 bits per heavy atom. The normalized spacial score (nSPS) is 10.1. The summed E-state index contributed by atoms with van der Waals surface area (Å²) in [5, 5.41) is 13.1. The Bertz CT molecular complexity index is 896. The van der Waals surface area contributed by atoms with Gasteiger partial charge in [0, 0.05) is 11.6 Å². The number of esters is 1. The topological polar surface area (TPSA) is 92.1 Å². The van der Waals surface area contributed by atoms with Crippen LogP contribution in [-0.2, 0) is 16.1 Å². The number of nitrogens with one attached hydrogen (secondary N) is 1. The fourth-order valence-corrected chi connectivity index (χ4v) is 3.27. The van der Waals surface area contributed by atoms with Crippen molar-refractivity contribution in [3.63, 3.8) is 0 Å². The van der Waals surface area contributed by atoms with Crippen LogP contribution in [0.15, 0.2) is 35.4 Å². The summed E-state index contributed by atoms with van der Waals surface area (Å²) in [7, 11) is 0. The van der Waals surface area contributed by atoms with Crippen molar-refractivity contribution in [2.24, 2.45) is 0 Å². The summed E-state index contributed by atoms with van der Waals surface area (Å²) >= 11 is 7.06. The highest BCUT2D eigenvalue weighted by Crippen LogP contribution is 2.23. The average molecular weight is 404 g/mol. The lowest BCUT2D eigenvalue weighted by Gasteiger charge is -2.09. The van der Waals surface area contributed by atoms with Crippen molar-refractivity contribution in [2.75, 3.05) is 12.4 Å². The van der Waals surface area contributed by atoms with Gasteiger partial charge in [0.05, 0.1) is 29.2 Å². The van der Waals surface area contributed by atoms with Crippen molar-refractivity contribution in [3.8, 4) is 6.07 Å². The number of halogens is 1. The third-order valence-electron chi connectivity index (χ3n) is 3.51. The van der Waals surface area contributed by atoms with E-state index < -0.39 is 5.97 Å². The van der Waals surface area contributed by atoms with Crippen LogP contribution in [0.25, 0.3) is 0 Å². The maximum Gasteiger partial charge on any atom is 0.340 e. The van der Waals surface area contributed by atoms with E-state index in [2.05, 4.69) is 10.3 Å². The molecule has 2 rings (SSSR count). The third-order valence-corrected chi connectivity index (χ3v) is 4.74. The van der Waals surface area contributed by atoms with Gasteiger partial charge in [-0.05, 0) is 37.6 Å².